The van der Waals surface area contributed by atoms with E-state index >= 15 is 0 Å². The Balaban J connectivity index is 2.07. The van der Waals surface area contributed by atoms with E-state index in [0.717, 1.165) is 24.3 Å². The predicted octanol–water partition coefficient (Wildman–Crippen LogP) is 2.05. The second-order valence-corrected chi connectivity index (χ2v) is 7.82. The van der Waals surface area contributed by atoms with Gasteiger partial charge < -0.3 is 10.0 Å². The lowest BCUT2D eigenvalue weighted by atomic mass is 9.98. The summed E-state index contributed by atoms with van der Waals surface area (Å²) in [6.45, 7) is 5.33. The van der Waals surface area contributed by atoms with Crippen LogP contribution in [0.1, 0.15) is 37.0 Å². The van der Waals surface area contributed by atoms with Gasteiger partial charge in [-0.3, -0.25) is 9.00 Å². The van der Waals surface area contributed by atoms with Crippen molar-refractivity contribution in [1.29, 1.82) is 0 Å². The second kappa shape index (κ2) is 7.18. The van der Waals surface area contributed by atoms with Gasteiger partial charge in [0.2, 0.25) is 0 Å². The Labute approximate surface area is 128 Å². The molecule has 2 unspecified atom stereocenters. The predicted molar refractivity (Wildman–Crippen MR) is 83.7 cm³/mol. The van der Waals surface area contributed by atoms with Gasteiger partial charge in [0.05, 0.1) is 10.8 Å². The molecule has 0 aliphatic carbocycles. The molecule has 21 heavy (non-hydrogen) atoms. The first-order valence-corrected chi connectivity index (χ1v) is 8.65. The van der Waals surface area contributed by atoms with Gasteiger partial charge in [-0.25, -0.2) is 0 Å². The molecule has 4 nitrogen and oxygen atoms in total. The molecule has 1 N–H and O–H groups in total. The molecule has 0 aromatic heterocycles. The van der Waals surface area contributed by atoms with E-state index in [4.69, 9.17) is 0 Å². The normalized spacial score (nSPS) is 20.6. The molecule has 0 bridgehead atoms. The highest BCUT2D eigenvalue weighted by Gasteiger charge is 2.24. The molecule has 1 aliphatic heterocycles. The summed E-state index contributed by atoms with van der Waals surface area (Å²) in [5, 5.41) is 9.31. The molecule has 1 aliphatic rings. The van der Waals surface area contributed by atoms with E-state index in [0.29, 0.717) is 12.1 Å². The molecule has 0 saturated carbocycles. The molecule has 1 saturated heterocycles. The van der Waals surface area contributed by atoms with Gasteiger partial charge in [-0.05, 0) is 43.0 Å². The van der Waals surface area contributed by atoms with Crippen LogP contribution in [-0.2, 0) is 10.8 Å². The van der Waals surface area contributed by atoms with Gasteiger partial charge in [-0.2, -0.15) is 0 Å². The average Bonchev–Trinajstić information content (AvgIpc) is 2.53. The van der Waals surface area contributed by atoms with E-state index in [9.17, 15) is 14.1 Å². The van der Waals surface area contributed by atoms with E-state index in [-0.39, 0.29) is 23.7 Å². The van der Waals surface area contributed by atoms with Crippen LogP contribution in [-0.4, -0.2) is 45.1 Å². The maximum absolute atomic E-state index is 12.4. The van der Waals surface area contributed by atoms with Gasteiger partial charge in [-0.15, -0.1) is 0 Å². The molecule has 2 rings (SSSR count). The lowest BCUT2D eigenvalue weighted by Gasteiger charge is -2.31. The molecule has 2 atom stereocenters. The number of aliphatic hydroxyl groups excluding tert-OH is 1. The van der Waals surface area contributed by atoms with E-state index < -0.39 is 10.8 Å². The van der Waals surface area contributed by atoms with Crippen LogP contribution in [0.4, 0.5) is 0 Å². The number of carbonyl (C=O) groups excluding carboxylic acids is 1. The zero-order valence-electron chi connectivity index (χ0n) is 12.6. The van der Waals surface area contributed by atoms with E-state index in [2.05, 4.69) is 0 Å². The lowest BCUT2D eigenvalue weighted by Crippen LogP contribution is -2.40. The zero-order valence-corrected chi connectivity index (χ0v) is 13.4. The van der Waals surface area contributed by atoms with Crippen LogP contribution in [0.5, 0.6) is 0 Å². The van der Waals surface area contributed by atoms with E-state index in [1.807, 2.05) is 13.8 Å². The fraction of sp³-hybridized carbons (Fsp3) is 0.562. The van der Waals surface area contributed by atoms with Gasteiger partial charge in [-0.1, -0.05) is 13.8 Å². The van der Waals surface area contributed by atoms with Crippen LogP contribution < -0.4 is 0 Å². The minimum absolute atomic E-state index is 0.00460. The summed E-state index contributed by atoms with van der Waals surface area (Å²) in [6.07, 6.45) is 1.92. The maximum Gasteiger partial charge on any atom is 0.253 e. The summed E-state index contributed by atoms with van der Waals surface area (Å²) in [5.41, 5.74) is 0.623. The molecule has 1 aromatic carbocycles. The van der Waals surface area contributed by atoms with Gasteiger partial charge in [0.25, 0.3) is 5.91 Å². The number of piperidine rings is 1. The number of amides is 1. The van der Waals surface area contributed by atoms with Crippen LogP contribution in [0.3, 0.4) is 0 Å². The third kappa shape index (κ3) is 3.92. The van der Waals surface area contributed by atoms with Crippen molar-refractivity contribution >= 4 is 16.7 Å². The molecule has 116 valence electrons. The highest BCUT2D eigenvalue weighted by atomic mass is 32.2. The average molecular weight is 309 g/mol. The fourth-order valence-corrected chi connectivity index (χ4v) is 3.53. The topological polar surface area (TPSA) is 57.6 Å². The highest BCUT2D eigenvalue weighted by Crippen LogP contribution is 2.19. The summed E-state index contributed by atoms with van der Waals surface area (Å²) in [7, 11) is -1.03. The van der Waals surface area contributed by atoms with Crippen LogP contribution in [0, 0.1) is 5.92 Å². The maximum atomic E-state index is 12.4. The summed E-state index contributed by atoms with van der Waals surface area (Å²) in [5.74, 6) is 0.186. The smallest absolute Gasteiger partial charge is 0.253 e. The Hall–Kier alpha value is -1.20. The number of hydrogen-bond acceptors (Lipinski definition) is 3. The first-order chi connectivity index (χ1) is 10.0. The van der Waals surface area contributed by atoms with Crippen molar-refractivity contribution in [3.8, 4) is 0 Å². The first kappa shape index (κ1) is 16.2. The van der Waals surface area contributed by atoms with Crippen LogP contribution in [0.2, 0.25) is 0 Å². The van der Waals surface area contributed by atoms with Crippen molar-refractivity contribution in [2.24, 2.45) is 5.92 Å². The van der Waals surface area contributed by atoms with Crippen LogP contribution in [0.25, 0.3) is 0 Å². The van der Waals surface area contributed by atoms with Crippen molar-refractivity contribution in [2.75, 3.05) is 19.7 Å². The monoisotopic (exact) mass is 309 g/mol. The number of rotatable bonds is 4. The Kier molecular flexibility index (Phi) is 5.53. The minimum Gasteiger partial charge on any atom is -0.396 e. The van der Waals surface area contributed by atoms with E-state index in [1.54, 1.807) is 29.2 Å². The Morgan fingerprint density at radius 3 is 2.62 bits per heavy atom. The fourth-order valence-electron chi connectivity index (χ4n) is 2.58. The van der Waals surface area contributed by atoms with Crippen molar-refractivity contribution < 1.29 is 14.1 Å². The first-order valence-electron chi connectivity index (χ1n) is 7.43. The number of carbonyl (C=O) groups is 1. The largest absolute Gasteiger partial charge is 0.396 e. The molecule has 1 fully saturated rings. The third-order valence-electron chi connectivity index (χ3n) is 3.83. The number of aliphatic hydroxyl groups is 1. The quantitative estimate of drug-likeness (QED) is 0.926. The van der Waals surface area contributed by atoms with Crippen molar-refractivity contribution in [1.82, 2.24) is 4.90 Å². The third-order valence-corrected chi connectivity index (χ3v) is 5.42. The summed E-state index contributed by atoms with van der Waals surface area (Å²) in [6, 6.07) is 7.05. The van der Waals surface area contributed by atoms with Gasteiger partial charge in [0.15, 0.2) is 0 Å². The van der Waals surface area contributed by atoms with Gasteiger partial charge >= 0.3 is 0 Å². The van der Waals surface area contributed by atoms with Gasteiger partial charge in [0, 0.05) is 35.4 Å². The Morgan fingerprint density at radius 2 is 2.05 bits per heavy atom. The Morgan fingerprint density at radius 1 is 1.38 bits per heavy atom. The standard InChI is InChI=1S/C16H23NO3S/c1-12(2)21(20)15-7-5-14(6-8-15)16(19)17-9-3-4-13(10-17)11-18/h5-8,12-13,18H,3-4,9-11H2,1-2H3. The minimum atomic E-state index is -1.03. The second-order valence-electron chi connectivity index (χ2n) is 5.81. The molecular formula is C16H23NO3S. The van der Waals surface area contributed by atoms with E-state index in [1.165, 1.54) is 0 Å². The van der Waals surface area contributed by atoms with Gasteiger partial charge in [0.1, 0.15) is 0 Å². The van der Waals surface area contributed by atoms with Crippen LogP contribution in [0.15, 0.2) is 29.2 Å². The van der Waals surface area contributed by atoms with Crippen LogP contribution >= 0.6 is 0 Å². The molecule has 5 heteroatoms. The molecule has 1 aromatic rings. The highest BCUT2D eigenvalue weighted by molar-refractivity contribution is 7.85. The summed E-state index contributed by atoms with van der Waals surface area (Å²) >= 11 is 0. The zero-order chi connectivity index (χ0) is 15.4. The SMILES string of the molecule is CC(C)S(=O)c1ccc(C(=O)N2CCCC(CO)C2)cc1. The molecule has 1 amide bonds. The van der Waals surface area contributed by atoms with Crippen molar-refractivity contribution in [3.05, 3.63) is 29.8 Å². The van der Waals surface area contributed by atoms with Crippen molar-refractivity contribution in [2.45, 2.75) is 36.8 Å². The lowest BCUT2D eigenvalue weighted by molar-refractivity contribution is 0.0620. The number of hydrogen-bond donors (Lipinski definition) is 1. The molecule has 0 spiro atoms. The molecular weight excluding hydrogens is 286 g/mol. The van der Waals surface area contributed by atoms with Crippen molar-refractivity contribution in [3.63, 3.8) is 0 Å². The number of nitrogens with zero attached hydrogens (tertiary/aromatic N) is 1. The number of benzene rings is 1. The number of likely N-dealkylation sites (tertiary alicyclic amines) is 1. The summed E-state index contributed by atoms with van der Waals surface area (Å²) < 4.78 is 12.0. The summed E-state index contributed by atoms with van der Waals surface area (Å²) in [4.78, 5) is 15.0. The molecule has 0 radical (unpaired) electrons. The molecule has 1 heterocycles. The Bertz CT molecular complexity index is 513.